The molecule has 0 radical (unpaired) electrons. The molecule has 0 aromatic carbocycles. The Morgan fingerprint density at radius 3 is 2.64 bits per heavy atom. The van der Waals surface area contributed by atoms with Crippen LogP contribution in [0.2, 0.25) is 0 Å². The molecule has 3 aliphatic heterocycles. The van der Waals surface area contributed by atoms with E-state index in [2.05, 4.69) is 38.6 Å². The molecule has 1 N–H and O–H groups in total. The van der Waals surface area contributed by atoms with Crippen LogP contribution < -0.4 is 5.32 Å². The molecule has 0 saturated carbocycles. The van der Waals surface area contributed by atoms with Gasteiger partial charge in [-0.25, -0.2) is 0 Å². The van der Waals surface area contributed by atoms with Crippen LogP contribution in [-0.4, -0.2) is 86.6 Å². The van der Waals surface area contributed by atoms with Crippen LogP contribution in [0.15, 0.2) is 17.6 Å². The van der Waals surface area contributed by atoms with Gasteiger partial charge in [0.15, 0.2) is 5.96 Å². The molecule has 3 fully saturated rings. The Labute approximate surface area is 136 Å². The first kappa shape index (κ1) is 17.3. The SMILES string of the molecule is C=CCCCCCN(C)C(=NC)NCC1CN2CCN1CC2. The van der Waals surface area contributed by atoms with Gasteiger partial charge in [0, 0.05) is 66.0 Å². The number of hydrogen-bond donors (Lipinski definition) is 1. The molecular weight excluding hydrogens is 274 g/mol. The molecule has 1 unspecified atom stereocenters. The van der Waals surface area contributed by atoms with Gasteiger partial charge in [-0.2, -0.15) is 0 Å². The highest BCUT2D eigenvalue weighted by Crippen LogP contribution is 2.14. The molecule has 0 aromatic rings. The summed E-state index contributed by atoms with van der Waals surface area (Å²) in [4.78, 5) is 11.9. The first-order chi connectivity index (χ1) is 10.7. The summed E-state index contributed by atoms with van der Waals surface area (Å²) in [5.41, 5.74) is 0. The summed E-state index contributed by atoms with van der Waals surface area (Å²) < 4.78 is 0. The van der Waals surface area contributed by atoms with Crippen molar-refractivity contribution in [3.05, 3.63) is 12.7 Å². The molecule has 2 bridgehead atoms. The van der Waals surface area contributed by atoms with Crippen molar-refractivity contribution in [2.75, 3.05) is 59.9 Å². The normalized spacial score (nSPS) is 27.7. The van der Waals surface area contributed by atoms with Gasteiger partial charge in [-0.1, -0.05) is 12.5 Å². The Bertz CT molecular complexity index is 360. The summed E-state index contributed by atoms with van der Waals surface area (Å²) in [6.07, 6.45) is 6.86. The number of aliphatic imine (C=N–C) groups is 1. The number of nitrogens with zero attached hydrogens (tertiary/aromatic N) is 4. The molecular formula is C17H33N5. The van der Waals surface area contributed by atoms with E-state index in [1.807, 2.05) is 13.1 Å². The minimum absolute atomic E-state index is 0.639. The fourth-order valence-corrected chi connectivity index (χ4v) is 3.43. The molecule has 126 valence electrons. The quantitative estimate of drug-likeness (QED) is 0.317. The molecule has 5 heteroatoms. The maximum Gasteiger partial charge on any atom is 0.193 e. The average Bonchev–Trinajstić information content (AvgIpc) is 2.56. The van der Waals surface area contributed by atoms with Gasteiger partial charge in [0.05, 0.1) is 0 Å². The van der Waals surface area contributed by atoms with E-state index in [1.54, 1.807) is 0 Å². The van der Waals surface area contributed by atoms with Crippen LogP contribution in [0, 0.1) is 0 Å². The standard InChI is InChI=1S/C17H33N5/c1-4-5-6-7-8-9-20(3)17(18-2)19-14-16-15-21-10-12-22(16)13-11-21/h4,16H,1,5-15H2,2-3H3,(H,18,19). The lowest BCUT2D eigenvalue weighted by Gasteiger charge is -2.47. The van der Waals surface area contributed by atoms with Gasteiger partial charge >= 0.3 is 0 Å². The van der Waals surface area contributed by atoms with E-state index in [9.17, 15) is 0 Å². The highest BCUT2D eigenvalue weighted by molar-refractivity contribution is 5.79. The minimum Gasteiger partial charge on any atom is -0.355 e. The van der Waals surface area contributed by atoms with Crippen LogP contribution in [0.1, 0.15) is 25.7 Å². The number of allylic oxidation sites excluding steroid dienone is 1. The van der Waals surface area contributed by atoms with Gasteiger partial charge in [-0.15, -0.1) is 6.58 Å². The van der Waals surface area contributed by atoms with Gasteiger partial charge in [0.25, 0.3) is 0 Å². The molecule has 0 amide bonds. The lowest BCUT2D eigenvalue weighted by atomic mass is 10.1. The molecule has 3 aliphatic rings. The molecule has 3 rings (SSSR count). The van der Waals surface area contributed by atoms with Crippen LogP contribution in [0.4, 0.5) is 0 Å². The van der Waals surface area contributed by atoms with E-state index in [4.69, 9.17) is 0 Å². The first-order valence-corrected chi connectivity index (χ1v) is 8.73. The van der Waals surface area contributed by atoms with Crippen LogP contribution in [0.3, 0.4) is 0 Å². The summed E-state index contributed by atoms with van der Waals surface area (Å²) in [5, 5.41) is 3.57. The van der Waals surface area contributed by atoms with Crippen LogP contribution in [0.25, 0.3) is 0 Å². The lowest BCUT2D eigenvalue weighted by molar-refractivity contribution is 0.0152. The number of hydrogen-bond acceptors (Lipinski definition) is 3. The van der Waals surface area contributed by atoms with Gasteiger partial charge in [0.1, 0.15) is 0 Å². The van der Waals surface area contributed by atoms with Gasteiger partial charge in [-0.05, 0) is 19.3 Å². The van der Waals surface area contributed by atoms with Crippen molar-refractivity contribution >= 4 is 5.96 Å². The third-order valence-corrected chi connectivity index (χ3v) is 4.86. The van der Waals surface area contributed by atoms with E-state index in [-0.39, 0.29) is 0 Å². The molecule has 5 nitrogen and oxygen atoms in total. The van der Waals surface area contributed by atoms with Gasteiger partial charge < -0.3 is 10.2 Å². The molecule has 3 heterocycles. The predicted molar refractivity (Wildman–Crippen MR) is 94.5 cm³/mol. The zero-order valence-corrected chi connectivity index (χ0v) is 14.4. The lowest BCUT2D eigenvalue weighted by Crippen LogP contribution is -2.63. The third-order valence-electron chi connectivity index (χ3n) is 4.86. The van der Waals surface area contributed by atoms with Crippen molar-refractivity contribution in [3.8, 4) is 0 Å². The number of unbranched alkanes of at least 4 members (excludes halogenated alkanes) is 3. The third kappa shape index (κ3) is 4.99. The fraction of sp³-hybridized carbons (Fsp3) is 0.824. The summed E-state index contributed by atoms with van der Waals surface area (Å²) in [5.74, 6) is 1.03. The largest absolute Gasteiger partial charge is 0.355 e. The predicted octanol–water partition coefficient (Wildman–Crippen LogP) is 1.24. The monoisotopic (exact) mass is 307 g/mol. The molecule has 0 aromatic heterocycles. The Hall–Kier alpha value is -1.07. The molecule has 22 heavy (non-hydrogen) atoms. The van der Waals surface area contributed by atoms with E-state index >= 15 is 0 Å². The van der Waals surface area contributed by atoms with Crippen molar-refractivity contribution in [1.29, 1.82) is 0 Å². The van der Waals surface area contributed by atoms with E-state index < -0.39 is 0 Å². The van der Waals surface area contributed by atoms with Crippen molar-refractivity contribution < 1.29 is 0 Å². The zero-order chi connectivity index (χ0) is 15.8. The Balaban J connectivity index is 1.67. The highest BCUT2D eigenvalue weighted by atomic mass is 15.4. The average molecular weight is 307 g/mol. The summed E-state index contributed by atoms with van der Waals surface area (Å²) in [7, 11) is 4.02. The second kappa shape index (κ2) is 9.16. The van der Waals surface area contributed by atoms with Crippen LogP contribution >= 0.6 is 0 Å². The second-order valence-electron chi connectivity index (χ2n) is 6.48. The molecule has 0 aliphatic carbocycles. The van der Waals surface area contributed by atoms with Crippen LogP contribution in [0.5, 0.6) is 0 Å². The zero-order valence-electron chi connectivity index (χ0n) is 14.4. The maximum absolute atomic E-state index is 4.43. The molecule has 0 spiro atoms. The Morgan fingerprint density at radius 1 is 1.27 bits per heavy atom. The second-order valence-corrected chi connectivity index (χ2v) is 6.48. The van der Waals surface area contributed by atoms with E-state index in [0.717, 1.165) is 25.5 Å². The van der Waals surface area contributed by atoms with Crippen molar-refractivity contribution in [2.45, 2.75) is 31.7 Å². The van der Waals surface area contributed by atoms with Crippen molar-refractivity contribution in [1.82, 2.24) is 20.0 Å². The Morgan fingerprint density at radius 2 is 2.05 bits per heavy atom. The topological polar surface area (TPSA) is 34.1 Å². The molecule has 3 saturated heterocycles. The number of rotatable bonds is 8. The number of nitrogens with one attached hydrogen (secondary N) is 1. The van der Waals surface area contributed by atoms with E-state index in [0.29, 0.717) is 6.04 Å². The summed E-state index contributed by atoms with van der Waals surface area (Å²) in [6.45, 7) is 12.0. The smallest absolute Gasteiger partial charge is 0.193 e. The van der Waals surface area contributed by atoms with Crippen molar-refractivity contribution in [3.63, 3.8) is 0 Å². The number of guanidine groups is 1. The Kier molecular flexibility index (Phi) is 7.19. The molecule has 1 atom stereocenters. The maximum atomic E-state index is 4.43. The number of piperazine rings is 3. The van der Waals surface area contributed by atoms with Gasteiger partial charge in [-0.3, -0.25) is 14.8 Å². The minimum atomic E-state index is 0.639. The highest BCUT2D eigenvalue weighted by Gasteiger charge is 2.31. The van der Waals surface area contributed by atoms with Crippen LogP contribution in [-0.2, 0) is 0 Å². The first-order valence-electron chi connectivity index (χ1n) is 8.73. The fourth-order valence-electron chi connectivity index (χ4n) is 3.43. The van der Waals surface area contributed by atoms with E-state index in [1.165, 1.54) is 52.0 Å². The van der Waals surface area contributed by atoms with Gasteiger partial charge in [0.2, 0.25) is 0 Å². The summed E-state index contributed by atoms with van der Waals surface area (Å²) in [6, 6.07) is 0.639. The number of fused-ring (bicyclic) bond motifs is 3. The van der Waals surface area contributed by atoms with Crippen molar-refractivity contribution in [2.24, 2.45) is 4.99 Å². The summed E-state index contributed by atoms with van der Waals surface area (Å²) >= 11 is 0.